The molecule has 0 unspecified atom stereocenters. The molecule has 0 radical (unpaired) electrons. The number of nitrogens with zero attached hydrogens (tertiary/aromatic N) is 2. The molecule has 0 saturated carbocycles. The number of fused-ring (bicyclic) bond motifs is 1. The summed E-state index contributed by atoms with van der Waals surface area (Å²) in [5.41, 5.74) is 2.60. The molecule has 1 heterocycles. The molecule has 0 spiro atoms. The second-order valence-corrected chi connectivity index (χ2v) is 4.92. The lowest BCUT2D eigenvalue weighted by molar-refractivity contribution is 0.248. The Morgan fingerprint density at radius 1 is 1.24 bits per heavy atom. The Hall–Kier alpha value is -2.63. The van der Waals surface area contributed by atoms with E-state index in [1.54, 1.807) is 6.07 Å². The molecule has 108 valence electrons. The smallest absolute Gasteiger partial charge is 0.320 e. The lowest BCUT2D eigenvalue weighted by Crippen LogP contribution is -2.38. The highest BCUT2D eigenvalue weighted by Gasteiger charge is 2.22. The fourth-order valence-corrected chi connectivity index (χ4v) is 2.52. The van der Waals surface area contributed by atoms with E-state index < -0.39 is 0 Å². The number of aromatic nitrogens is 2. The van der Waals surface area contributed by atoms with Crippen molar-refractivity contribution >= 4 is 11.8 Å². The molecule has 6 nitrogen and oxygen atoms in total. The van der Waals surface area contributed by atoms with Crippen molar-refractivity contribution in [2.24, 2.45) is 0 Å². The van der Waals surface area contributed by atoms with Crippen molar-refractivity contribution < 1.29 is 9.53 Å². The summed E-state index contributed by atoms with van der Waals surface area (Å²) in [5, 5.41) is 5.65. The van der Waals surface area contributed by atoms with Gasteiger partial charge in [0, 0.05) is 12.1 Å². The molecule has 2 N–H and O–H groups in total. The van der Waals surface area contributed by atoms with Crippen LogP contribution in [0.1, 0.15) is 11.1 Å². The molecular weight excluding hydrogens is 268 g/mol. The minimum absolute atomic E-state index is 0.117. The van der Waals surface area contributed by atoms with Crippen LogP contribution in [0.5, 0.6) is 5.88 Å². The van der Waals surface area contributed by atoms with Crippen LogP contribution in [0.15, 0.2) is 36.7 Å². The summed E-state index contributed by atoms with van der Waals surface area (Å²) in [4.78, 5) is 19.9. The van der Waals surface area contributed by atoms with Gasteiger partial charge in [-0.05, 0) is 24.0 Å². The van der Waals surface area contributed by atoms with Crippen LogP contribution >= 0.6 is 0 Å². The standard InChI is InChI=1S/C15H16N4O2/c1-21-14-8-13(16-9-17-14)19-15(20)18-12-6-10-4-2-3-5-11(10)7-12/h2-5,8-9,12H,6-7H2,1H3,(H2,16,17,18,19,20). The zero-order valence-corrected chi connectivity index (χ0v) is 11.7. The Labute approximate surface area is 122 Å². The van der Waals surface area contributed by atoms with Crippen molar-refractivity contribution in [3.8, 4) is 5.88 Å². The molecule has 6 heteroatoms. The third-order valence-electron chi connectivity index (χ3n) is 3.48. The molecule has 0 aliphatic heterocycles. The molecule has 0 fully saturated rings. The second-order valence-electron chi connectivity index (χ2n) is 4.92. The Bertz CT molecular complexity index is 635. The summed E-state index contributed by atoms with van der Waals surface area (Å²) < 4.78 is 4.99. The van der Waals surface area contributed by atoms with Crippen molar-refractivity contribution in [3.05, 3.63) is 47.8 Å². The molecule has 0 saturated heterocycles. The summed E-state index contributed by atoms with van der Waals surface area (Å²) in [5.74, 6) is 0.823. The zero-order valence-electron chi connectivity index (χ0n) is 11.7. The Morgan fingerprint density at radius 2 is 1.95 bits per heavy atom. The van der Waals surface area contributed by atoms with E-state index in [9.17, 15) is 4.79 Å². The Kier molecular flexibility index (Phi) is 3.68. The van der Waals surface area contributed by atoms with E-state index in [1.165, 1.54) is 24.6 Å². The molecule has 2 amide bonds. The first-order valence-corrected chi connectivity index (χ1v) is 6.75. The summed E-state index contributed by atoms with van der Waals surface area (Å²) in [7, 11) is 1.52. The average molecular weight is 284 g/mol. The van der Waals surface area contributed by atoms with Crippen molar-refractivity contribution in [1.29, 1.82) is 0 Å². The van der Waals surface area contributed by atoms with Crippen molar-refractivity contribution in [2.45, 2.75) is 18.9 Å². The van der Waals surface area contributed by atoms with Gasteiger partial charge < -0.3 is 10.1 Å². The van der Waals surface area contributed by atoms with Crippen LogP contribution in [0.3, 0.4) is 0 Å². The number of carbonyl (C=O) groups excluding carboxylic acids is 1. The van der Waals surface area contributed by atoms with Gasteiger partial charge in [0.1, 0.15) is 12.1 Å². The quantitative estimate of drug-likeness (QED) is 0.900. The maximum absolute atomic E-state index is 12.0. The third-order valence-corrected chi connectivity index (χ3v) is 3.48. The predicted molar refractivity (Wildman–Crippen MR) is 78.4 cm³/mol. The molecule has 1 aromatic carbocycles. The molecule has 0 atom stereocenters. The average Bonchev–Trinajstić information content (AvgIpc) is 2.89. The number of urea groups is 1. The number of nitrogens with one attached hydrogen (secondary N) is 2. The van der Waals surface area contributed by atoms with Gasteiger partial charge in [-0.3, -0.25) is 5.32 Å². The van der Waals surface area contributed by atoms with Gasteiger partial charge in [-0.15, -0.1) is 0 Å². The second kappa shape index (κ2) is 5.78. The number of methoxy groups -OCH3 is 1. The maximum atomic E-state index is 12.0. The van der Waals surface area contributed by atoms with Crippen LogP contribution in [-0.4, -0.2) is 29.2 Å². The number of hydrogen-bond donors (Lipinski definition) is 2. The minimum Gasteiger partial charge on any atom is -0.481 e. The highest BCUT2D eigenvalue weighted by molar-refractivity contribution is 5.88. The normalized spacial score (nSPS) is 13.6. The zero-order chi connectivity index (χ0) is 14.7. The molecular formula is C15H16N4O2. The van der Waals surface area contributed by atoms with E-state index in [0.717, 1.165) is 12.8 Å². The van der Waals surface area contributed by atoms with Gasteiger partial charge in [0.25, 0.3) is 0 Å². The summed E-state index contributed by atoms with van der Waals surface area (Å²) in [6, 6.07) is 9.67. The Balaban J connectivity index is 1.58. The maximum Gasteiger partial charge on any atom is 0.320 e. The SMILES string of the molecule is COc1cc(NC(=O)NC2Cc3ccccc3C2)ncn1. The van der Waals surface area contributed by atoms with Crippen LogP contribution < -0.4 is 15.4 Å². The van der Waals surface area contributed by atoms with E-state index in [2.05, 4.69) is 32.7 Å². The lowest BCUT2D eigenvalue weighted by Gasteiger charge is -2.12. The van der Waals surface area contributed by atoms with Crippen molar-refractivity contribution in [2.75, 3.05) is 12.4 Å². The number of carbonyl (C=O) groups is 1. The molecule has 1 aliphatic carbocycles. The number of hydrogen-bond acceptors (Lipinski definition) is 4. The van der Waals surface area contributed by atoms with Gasteiger partial charge in [0.15, 0.2) is 0 Å². The van der Waals surface area contributed by atoms with E-state index >= 15 is 0 Å². The highest BCUT2D eigenvalue weighted by atomic mass is 16.5. The van der Waals surface area contributed by atoms with Crippen LogP contribution in [0.25, 0.3) is 0 Å². The summed E-state index contributed by atoms with van der Waals surface area (Å²) in [6.07, 6.45) is 3.06. The van der Waals surface area contributed by atoms with E-state index in [1.807, 2.05) is 12.1 Å². The van der Waals surface area contributed by atoms with Crippen LogP contribution in [0, 0.1) is 0 Å². The van der Waals surface area contributed by atoms with Gasteiger partial charge in [-0.25, -0.2) is 14.8 Å². The van der Waals surface area contributed by atoms with Gasteiger partial charge in [0.2, 0.25) is 5.88 Å². The number of anilines is 1. The highest BCUT2D eigenvalue weighted by Crippen LogP contribution is 2.21. The first-order valence-electron chi connectivity index (χ1n) is 6.75. The summed E-state index contributed by atoms with van der Waals surface area (Å²) in [6.45, 7) is 0. The van der Waals surface area contributed by atoms with Gasteiger partial charge in [-0.1, -0.05) is 24.3 Å². The number of benzene rings is 1. The van der Waals surface area contributed by atoms with Gasteiger partial charge in [0.05, 0.1) is 7.11 Å². The molecule has 3 rings (SSSR count). The summed E-state index contributed by atoms with van der Waals surface area (Å²) >= 11 is 0. The van der Waals surface area contributed by atoms with Crippen LogP contribution in [-0.2, 0) is 12.8 Å². The number of rotatable bonds is 3. The topological polar surface area (TPSA) is 76.1 Å². The fourth-order valence-electron chi connectivity index (χ4n) is 2.52. The first kappa shape index (κ1) is 13.4. The number of ether oxygens (including phenoxy) is 1. The molecule has 1 aliphatic rings. The lowest BCUT2D eigenvalue weighted by atomic mass is 10.1. The van der Waals surface area contributed by atoms with Crippen LogP contribution in [0.2, 0.25) is 0 Å². The fraction of sp³-hybridized carbons (Fsp3) is 0.267. The van der Waals surface area contributed by atoms with Gasteiger partial charge >= 0.3 is 6.03 Å². The van der Waals surface area contributed by atoms with E-state index in [-0.39, 0.29) is 12.1 Å². The number of amides is 2. The molecule has 2 aromatic rings. The van der Waals surface area contributed by atoms with E-state index in [4.69, 9.17) is 4.74 Å². The van der Waals surface area contributed by atoms with Crippen molar-refractivity contribution in [3.63, 3.8) is 0 Å². The van der Waals surface area contributed by atoms with Crippen LogP contribution in [0.4, 0.5) is 10.6 Å². The van der Waals surface area contributed by atoms with Gasteiger partial charge in [-0.2, -0.15) is 0 Å². The molecule has 1 aromatic heterocycles. The monoisotopic (exact) mass is 284 g/mol. The Morgan fingerprint density at radius 3 is 2.62 bits per heavy atom. The molecule has 21 heavy (non-hydrogen) atoms. The minimum atomic E-state index is -0.270. The van der Waals surface area contributed by atoms with E-state index in [0.29, 0.717) is 11.7 Å². The predicted octanol–water partition coefficient (Wildman–Crippen LogP) is 1.77. The largest absolute Gasteiger partial charge is 0.481 e. The third kappa shape index (κ3) is 3.10. The van der Waals surface area contributed by atoms with Crippen molar-refractivity contribution in [1.82, 2.24) is 15.3 Å². The molecule has 0 bridgehead atoms. The first-order chi connectivity index (χ1) is 10.2.